The highest BCUT2D eigenvalue weighted by molar-refractivity contribution is 6.31. The zero-order valence-electron chi connectivity index (χ0n) is 15.6. The van der Waals surface area contributed by atoms with Gasteiger partial charge in [-0.25, -0.2) is 4.39 Å². The Labute approximate surface area is 167 Å². The van der Waals surface area contributed by atoms with E-state index in [1.54, 1.807) is 23.7 Å². The molecule has 28 heavy (non-hydrogen) atoms. The second-order valence-corrected chi connectivity index (χ2v) is 7.33. The summed E-state index contributed by atoms with van der Waals surface area (Å²) in [5, 5.41) is 17.0. The lowest BCUT2D eigenvalue weighted by molar-refractivity contribution is -0.146. The van der Waals surface area contributed by atoms with Gasteiger partial charge in [0.1, 0.15) is 5.82 Å². The largest absolute Gasteiger partial charge is 0.481 e. The van der Waals surface area contributed by atoms with Gasteiger partial charge in [0, 0.05) is 5.02 Å². The molecule has 2 unspecified atom stereocenters. The minimum Gasteiger partial charge on any atom is -0.481 e. The van der Waals surface area contributed by atoms with Crippen LogP contribution in [-0.4, -0.2) is 26.8 Å². The van der Waals surface area contributed by atoms with Crippen molar-refractivity contribution in [2.24, 2.45) is 11.8 Å². The Morgan fingerprint density at radius 2 is 1.96 bits per heavy atom. The molecule has 1 aromatic carbocycles. The maximum Gasteiger partial charge on any atom is 0.307 e. The lowest BCUT2D eigenvalue weighted by Crippen LogP contribution is -2.35. The zero-order chi connectivity index (χ0) is 20.4. The van der Waals surface area contributed by atoms with Gasteiger partial charge in [0.25, 0.3) is 0 Å². The number of nitrogens with zero attached hydrogens (tertiary/aromatic N) is 2. The quantitative estimate of drug-likeness (QED) is 0.738. The molecule has 1 amide bonds. The average Bonchev–Trinajstić information content (AvgIpc) is 2.91. The number of carbonyl (C=O) groups is 2. The highest BCUT2D eigenvalue weighted by atomic mass is 35.5. The van der Waals surface area contributed by atoms with Crippen LogP contribution in [0.1, 0.15) is 29.8 Å². The van der Waals surface area contributed by atoms with Crippen molar-refractivity contribution in [3.8, 4) is 0 Å². The normalized spacial score (nSPS) is 18.9. The number of amides is 1. The number of aryl methyl sites for hydroxylation is 1. The highest BCUT2D eigenvalue weighted by Gasteiger charge is 2.34. The van der Waals surface area contributed by atoms with E-state index in [9.17, 15) is 19.1 Å². The number of halogens is 2. The first-order valence-electron chi connectivity index (χ1n) is 8.94. The number of hydrogen-bond acceptors (Lipinski definition) is 3. The molecule has 0 aliphatic heterocycles. The van der Waals surface area contributed by atoms with E-state index in [-0.39, 0.29) is 5.91 Å². The summed E-state index contributed by atoms with van der Waals surface area (Å²) in [6.45, 7) is 3.90. The fraction of sp³-hybridized carbons (Fsp3) is 0.350. The second-order valence-electron chi connectivity index (χ2n) is 6.92. The van der Waals surface area contributed by atoms with Crippen LogP contribution in [0.2, 0.25) is 5.02 Å². The molecule has 0 bridgehead atoms. The number of rotatable bonds is 5. The van der Waals surface area contributed by atoms with Crippen LogP contribution in [0.15, 0.2) is 30.4 Å². The van der Waals surface area contributed by atoms with E-state index in [2.05, 4.69) is 10.4 Å². The van der Waals surface area contributed by atoms with Gasteiger partial charge in [-0.1, -0.05) is 29.8 Å². The van der Waals surface area contributed by atoms with E-state index in [0.29, 0.717) is 47.0 Å². The number of anilines is 1. The predicted molar refractivity (Wildman–Crippen MR) is 104 cm³/mol. The predicted octanol–water partition coefficient (Wildman–Crippen LogP) is 3.95. The van der Waals surface area contributed by atoms with Crippen molar-refractivity contribution in [2.75, 3.05) is 5.32 Å². The Hall–Kier alpha value is -2.67. The molecule has 148 valence electrons. The number of hydrogen-bond donors (Lipinski definition) is 2. The van der Waals surface area contributed by atoms with Gasteiger partial charge in [0.15, 0.2) is 0 Å². The number of nitrogens with one attached hydrogen (secondary N) is 1. The minimum absolute atomic E-state index is 0.302. The lowest BCUT2D eigenvalue weighted by Gasteiger charge is -2.24. The Morgan fingerprint density at radius 3 is 2.61 bits per heavy atom. The topological polar surface area (TPSA) is 84.2 Å². The van der Waals surface area contributed by atoms with E-state index in [1.807, 2.05) is 13.0 Å². The van der Waals surface area contributed by atoms with Gasteiger partial charge in [-0.05, 0) is 44.4 Å². The monoisotopic (exact) mass is 405 g/mol. The molecular weight excluding hydrogens is 385 g/mol. The third kappa shape index (κ3) is 4.09. The molecule has 2 atom stereocenters. The lowest BCUT2D eigenvalue weighted by atomic mass is 9.82. The van der Waals surface area contributed by atoms with Crippen LogP contribution in [0.5, 0.6) is 0 Å². The Kier molecular flexibility index (Phi) is 5.84. The molecule has 8 heteroatoms. The number of carboxylic acids is 1. The van der Waals surface area contributed by atoms with Gasteiger partial charge < -0.3 is 10.4 Å². The molecule has 0 spiro atoms. The van der Waals surface area contributed by atoms with Crippen molar-refractivity contribution in [3.05, 3.63) is 58.1 Å². The van der Waals surface area contributed by atoms with E-state index in [0.717, 1.165) is 0 Å². The van der Waals surface area contributed by atoms with Gasteiger partial charge in [0.05, 0.1) is 35.5 Å². The SMILES string of the molecule is Cc1nn(Cc2ccc(F)cc2Cl)c(C)c1NC(=O)C1CC=CCC1C(=O)O. The summed E-state index contributed by atoms with van der Waals surface area (Å²) in [6.07, 6.45) is 4.36. The van der Waals surface area contributed by atoms with Crippen molar-refractivity contribution < 1.29 is 19.1 Å². The molecule has 0 saturated heterocycles. The maximum absolute atomic E-state index is 13.2. The highest BCUT2D eigenvalue weighted by Crippen LogP contribution is 2.29. The van der Waals surface area contributed by atoms with Gasteiger partial charge in [-0.3, -0.25) is 14.3 Å². The second kappa shape index (κ2) is 8.14. The number of aliphatic carboxylic acids is 1. The van der Waals surface area contributed by atoms with Crippen molar-refractivity contribution in [1.29, 1.82) is 0 Å². The van der Waals surface area contributed by atoms with Gasteiger partial charge in [-0.2, -0.15) is 5.10 Å². The minimum atomic E-state index is -0.973. The Balaban J connectivity index is 1.81. The van der Waals surface area contributed by atoms with E-state index < -0.39 is 23.6 Å². The Bertz CT molecular complexity index is 954. The number of allylic oxidation sites excluding steroid dienone is 2. The summed E-state index contributed by atoms with van der Waals surface area (Å²) >= 11 is 6.10. The summed E-state index contributed by atoms with van der Waals surface area (Å²) in [5.74, 6) is -3.08. The number of benzene rings is 1. The molecule has 2 N–H and O–H groups in total. The van der Waals surface area contributed by atoms with Crippen LogP contribution in [0.25, 0.3) is 0 Å². The molecule has 0 fully saturated rings. The first kappa shape index (κ1) is 20.1. The molecule has 1 aliphatic carbocycles. The third-order valence-corrected chi connectivity index (χ3v) is 5.40. The summed E-state index contributed by atoms with van der Waals surface area (Å²) in [4.78, 5) is 24.2. The van der Waals surface area contributed by atoms with E-state index >= 15 is 0 Å². The number of carbonyl (C=O) groups excluding carboxylic acids is 1. The van der Waals surface area contributed by atoms with Crippen molar-refractivity contribution in [2.45, 2.75) is 33.2 Å². The fourth-order valence-corrected chi connectivity index (χ4v) is 3.66. The van der Waals surface area contributed by atoms with Crippen LogP contribution in [-0.2, 0) is 16.1 Å². The summed E-state index contributed by atoms with van der Waals surface area (Å²) in [6, 6.07) is 4.17. The van der Waals surface area contributed by atoms with Crippen molar-refractivity contribution in [1.82, 2.24) is 9.78 Å². The molecule has 1 heterocycles. The molecule has 1 aliphatic rings. The van der Waals surface area contributed by atoms with Gasteiger partial charge in [0.2, 0.25) is 5.91 Å². The summed E-state index contributed by atoms with van der Waals surface area (Å²) < 4.78 is 14.9. The van der Waals surface area contributed by atoms with E-state index in [1.165, 1.54) is 12.1 Å². The smallest absolute Gasteiger partial charge is 0.307 e. The fourth-order valence-electron chi connectivity index (χ4n) is 3.44. The first-order chi connectivity index (χ1) is 13.3. The average molecular weight is 406 g/mol. The first-order valence-corrected chi connectivity index (χ1v) is 9.32. The van der Waals surface area contributed by atoms with Gasteiger partial charge >= 0.3 is 5.97 Å². The van der Waals surface area contributed by atoms with Crippen LogP contribution in [0.4, 0.5) is 10.1 Å². The summed E-state index contributed by atoms with van der Waals surface area (Å²) in [7, 11) is 0. The molecule has 0 saturated carbocycles. The van der Waals surface area contributed by atoms with Crippen LogP contribution in [0.3, 0.4) is 0 Å². The van der Waals surface area contributed by atoms with E-state index in [4.69, 9.17) is 11.6 Å². The standard InChI is InChI=1S/C20H21ClFN3O3/c1-11-18(23-19(26)15-5-3-4-6-16(15)20(27)28)12(2)25(24-11)10-13-7-8-14(22)9-17(13)21/h3-4,7-9,15-16H,5-6,10H2,1-2H3,(H,23,26)(H,27,28). The van der Waals surface area contributed by atoms with Crippen molar-refractivity contribution >= 4 is 29.2 Å². The Morgan fingerprint density at radius 1 is 1.29 bits per heavy atom. The van der Waals surface area contributed by atoms with Crippen molar-refractivity contribution in [3.63, 3.8) is 0 Å². The summed E-state index contributed by atoms with van der Waals surface area (Å²) in [5.41, 5.74) is 2.59. The molecule has 6 nitrogen and oxygen atoms in total. The molecule has 2 aromatic rings. The maximum atomic E-state index is 13.2. The molecular formula is C20H21ClFN3O3. The third-order valence-electron chi connectivity index (χ3n) is 5.05. The molecule has 0 radical (unpaired) electrons. The number of carboxylic acid groups (broad SMARTS) is 1. The van der Waals surface area contributed by atoms with Crippen LogP contribution in [0, 0.1) is 31.5 Å². The van der Waals surface area contributed by atoms with Gasteiger partial charge in [-0.15, -0.1) is 0 Å². The zero-order valence-corrected chi connectivity index (χ0v) is 16.3. The van der Waals surface area contributed by atoms with Crippen LogP contribution >= 0.6 is 11.6 Å². The molecule has 3 rings (SSSR count). The number of aromatic nitrogens is 2. The molecule has 1 aromatic heterocycles. The van der Waals surface area contributed by atoms with Crippen LogP contribution < -0.4 is 5.32 Å².